The van der Waals surface area contributed by atoms with E-state index in [2.05, 4.69) is 9.68 Å². The van der Waals surface area contributed by atoms with Gasteiger partial charge in [0, 0.05) is 0 Å². The number of aromatic nitrogens is 1. The third-order valence-corrected chi connectivity index (χ3v) is 1.13. The summed E-state index contributed by atoms with van der Waals surface area (Å²) in [7, 11) is 0. The first-order chi connectivity index (χ1) is 5.61. The first-order valence-electron chi connectivity index (χ1n) is 3.52. The molecule has 0 bridgehead atoms. The Labute approximate surface area is 69.5 Å². The first kappa shape index (κ1) is 8.58. The Morgan fingerprint density at radius 1 is 1.75 bits per heavy atom. The summed E-state index contributed by atoms with van der Waals surface area (Å²) in [5.41, 5.74) is 5.56. The monoisotopic (exact) mass is 170 g/mol. The second-order valence-electron chi connectivity index (χ2n) is 2.56. The van der Waals surface area contributed by atoms with Crippen LogP contribution >= 0.6 is 0 Å². The summed E-state index contributed by atoms with van der Waals surface area (Å²) in [6.45, 7) is 3.48. The molecule has 0 atom stereocenters. The number of rotatable bonds is 2. The molecule has 12 heavy (non-hydrogen) atoms. The van der Waals surface area contributed by atoms with Gasteiger partial charge in [-0.3, -0.25) is 0 Å². The average molecular weight is 170 g/mol. The topological polar surface area (TPSA) is 78.3 Å². The maximum absolute atomic E-state index is 11.1. The molecule has 0 saturated carbocycles. The molecule has 0 saturated heterocycles. The number of anilines is 1. The van der Waals surface area contributed by atoms with Gasteiger partial charge in [0.15, 0.2) is 0 Å². The van der Waals surface area contributed by atoms with E-state index in [9.17, 15) is 4.79 Å². The molecule has 0 aliphatic rings. The fraction of sp³-hybridized carbons (Fsp3) is 0.429. The van der Waals surface area contributed by atoms with Gasteiger partial charge in [-0.1, -0.05) is 5.16 Å². The van der Waals surface area contributed by atoms with Gasteiger partial charge >= 0.3 is 5.97 Å². The Bertz CT molecular complexity index is 280. The van der Waals surface area contributed by atoms with Crippen LogP contribution in [-0.4, -0.2) is 17.2 Å². The molecular weight excluding hydrogens is 160 g/mol. The minimum absolute atomic E-state index is 0.0382. The number of ether oxygens (including phenoxy) is 1. The predicted molar refractivity (Wildman–Crippen MR) is 41.5 cm³/mol. The van der Waals surface area contributed by atoms with Crippen LogP contribution in [0.1, 0.15) is 24.4 Å². The Morgan fingerprint density at radius 3 is 2.83 bits per heavy atom. The molecule has 0 aromatic carbocycles. The highest BCUT2D eigenvalue weighted by atomic mass is 16.6. The van der Waals surface area contributed by atoms with Gasteiger partial charge in [0.05, 0.1) is 12.3 Å². The number of esters is 1. The van der Waals surface area contributed by atoms with Gasteiger partial charge in [0.2, 0.25) is 0 Å². The van der Waals surface area contributed by atoms with E-state index in [0.29, 0.717) is 0 Å². The van der Waals surface area contributed by atoms with E-state index in [-0.39, 0.29) is 17.6 Å². The van der Waals surface area contributed by atoms with Crippen LogP contribution < -0.4 is 5.73 Å². The fourth-order valence-corrected chi connectivity index (χ4v) is 0.670. The van der Waals surface area contributed by atoms with Crippen molar-refractivity contribution in [3.05, 3.63) is 12.0 Å². The zero-order valence-electron chi connectivity index (χ0n) is 6.90. The molecule has 5 heteroatoms. The SMILES string of the molecule is CC(C)OC(=O)c1oncc1N. The third-order valence-electron chi connectivity index (χ3n) is 1.13. The Morgan fingerprint density at radius 2 is 2.42 bits per heavy atom. The molecule has 0 amide bonds. The molecule has 0 radical (unpaired) electrons. The lowest BCUT2D eigenvalue weighted by Gasteiger charge is -2.04. The lowest BCUT2D eigenvalue weighted by atomic mass is 10.4. The van der Waals surface area contributed by atoms with E-state index in [1.54, 1.807) is 13.8 Å². The van der Waals surface area contributed by atoms with Crippen molar-refractivity contribution in [3.63, 3.8) is 0 Å². The fourth-order valence-electron chi connectivity index (χ4n) is 0.670. The minimum atomic E-state index is -0.583. The van der Waals surface area contributed by atoms with Crippen molar-refractivity contribution in [2.24, 2.45) is 0 Å². The number of carbonyl (C=O) groups is 1. The quantitative estimate of drug-likeness (QED) is 0.665. The molecule has 0 aliphatic carbocycles. The van der Waals surface area contributed by atoms with E-state index < -0.39 is 5.97 Å². The van der Waals surface area contributed by atoms with Crippen LogP contribution in [0.5, 0.6) is 0 Å². The number of nitrogens with zero attached hydrogens (tertiary/aromatic N) is 1. The predicted octanol–water partition coefficient (Wildman–Crippen LogP) is 0.822. The van der Waals surface area contributed by atoms with Crippen molar-refractivity contribution in [3.8, 4) is 0 Å². The Hall–Kier alpha value is -1.52. The average Bonchev–Trinajstić information content (AvgIpc) is 2.33. The van der Waals surface area contributed by atoms with E-state index in [0.717, 1.165) is 0 Å². The number of hydrogen-bond acceptors (Lipinski definition) is 5. The van der Waals surface area contributed by atoms with Crippen LogP contribution in [0.25, 0.3) is 0 Å². The second kappa shape index (κ2) is 3.25. The molecule has 1 aromatic heterocycles. The van der Waals surface area contributed by atoms with Gasteiger partial charge in [0.25, 0.3) is 5.76 Å². The molecule has 66 valence electrons. The molecule has 2 N–H and O–H groups in total. The number of nitrogen functional groups attached to an aromatic ring is 1. The lowest BCUT2D eigenvalue weighted by Crippen LogP contribution is -2.12. The molecule has 1 aromatic rings. The molecule has 1 heterocycles. The molecule has 0 unspecified atom stereocenters. The van der Waals surface area contributed by atoms with Gasteiger partial charge in [0.1, 0.15) is 5.69 Å². The summed E-state index contributed by atoms with van der Waals surface area (Å²) >= 11 is 0. The van der Waals surface area contributed by atoms with Gasteiger partial charge in [-0.05, 0) is 13.8 Å². The summed E-state index contributed by atoms with van der Waals surface area (Å²) in [4.78, 5) is 11.1. The Kier molecular flexibility index (Phi) is 2.32. The lowest BCUT2D eigenvalue weighted by molar-refractivity contribution is 0.0333. The molecule has 5 nitrogen and oxygen atoms in total. The highest BCUT2D eigenvalue weighted by Gasteiger charge is 2.17. The summed E-state index contributed by atoms with van der Waals surface area (Å²) < 4.78 is 9.40. The Balaban J connectivity index is 2.72. The van der Waals surface area contributed by atoms with E-state index in [4.69, 9.17) is 10.5 Å². The van der Waals surface area contributed by atoms with E-state index in [1.165, 1.54) is 6.20 Å². The van der Waals surface area contributed by atoms with Crippen molar-refractivity contribution >= 4 is 11.7 Å². The van der Waals surface area contributed by atoms with Crippen molar-refractivity contribution in [1.82, 2.24) is 5.16 Å². The van der Waals surface area contributed by atoms with Gasteiger partial charge in [-0.15, -0.1) is 0 Å². The van der Waals surface area contributed by atoms with Gasteiger partial charge in [-0.25, -0.2) is 4.79 Å². The number of hydrogen-bond donors (Lipinski definition) is 1. The van der Waals surface area contributed by atoms with Crippen molar-refractivity contribution in [1.29, 1.82) is 0 Å². The maximum Gasteiger partial charge on any atom is 0.379 e. The number of carbonyl (C=O) groups excluding carboxylic acids is 1. The highest BCUT2D eigenvalue weighted by molar-refractivity contribution is 5.91. The van der Waals surface area contributed by atoms with Crippen LogP contribution in [0.2, 0.25) is 0 Å². The second-order valence-corrected chi connectivity index (χ2v) is 2.56. The third kappa shape index (κ3) is 1.75. The molecule has 0 aliphatic heterocycles. The number of nitrogens with two attached hydrogens (primary N) is 1. The maximum atomic E-state index is 11.1. The highest BCUT2D eigenvalue weighted by Crippen LogP contribution is 2.11. The minimum Gasteiger partial charge on any atom is -0.457 e. The first-order valence-corrected chi connectivity index (χ1v) is 3.52. The normalized spacial score (nSPS) is 10.2. The summed E-state index contributed by atoms with van der Waals surface area (Å²) in [6, 6.07) is 0. The zero-order valence-corrected chi connectivity index (χ0v) is 6.90. The summed E-state index contributed by atoms with van der Waals surface area (Å²) in [6.07, 6.45) is 1.07. The molecule has 0 spiro atoms. The van der Waals surface area contributed by atoms with E-state index >= 15 is 0 Å². The standard InChI is InChI=1S/C7H10N2O3/c1-4(2)11-7(10)6-5(8)3-9-12-6/h3-4H,8H2,1-2H3. The van der Waals surface area contributed by atoms with Crippen LogP contribution in [0.15, 0.2) is 10.7 Å². The van der Waals surface area contributed by atoms with Crippen molar-refractivity contribution < 1.29 is 14.1 Å². The van der Waals surface area contributed by atoms with Crippen LogP contribution in [-0.2, 0) is 4.74 Å². The van der Waals surface area contributed by atoms with E-state index in [1.807, 2.05) is 0 Å². The molecule has 1 rings (SSSR count). The molecule has 0 fully saturated rings. The smallest absolute Gasteiger partial charge is 0.379 e. The van der Waals surface area contributed by atoms with Crippen molar-refractivity contribution in [2.75, 3.05) is 5.73 Å². The van der Waals surface area contributed by atoms with Crippen molar-refractivity contribution in [2.45, 2.75) is 20.0 Å². The zero-order chi connectivity index (χ0) is 9.14. The largest absolute Gasteiger partial charge is 0.457 e. The van der Waals surface area contributed by atoms with Gasteiger partial charge in [-0.2, -0.15) is 0 Å². The van der Waals surface area contributed by atoms with Gasteiger partial charge < -0.3 is 15.0 Å². The van der Waals surface area contributed by atoms with Crippen LogP contribution in [0, 0.1) is 0 Å². The summed E-state index contributed by atoms with van der Waals surface area (Å²) in [5.74, 6) is -0.622. The molecular formula is C7H10N2O3. The van der Waals surface area contributed by atoms with Crippen LogP contribution in [0.4, 0.5) is 5.69 Å². The summed E-state index contributed by atoms with van der Waals surface area (Å²) in [5, 5.41) is 3.35. The van der Waals surface area contributed by atoms with Crippen LogP contribution in [0.3, 0.4) is 0 Å².